The van der Waals surface area contributed by atoms with Crippen LogP contribution in [0.15, 0.2) is 48.6 Å². The van der Waals surface area contributed by atoms with E-state index >= 15 is 0 Å². The van der Waals surface area contributed by atoms with Gasteiger partial charge in [0.1, 0.15) is 18.5 Å². The van der Waals surface area contributed by atoms with Gasteiger partial charge in [0.05, 0.1) is 23.9 Å². The van der Waals surface area contributed by atoms with E-state index in [1.54, 1.807) is 12.2 Å². The number of alkyl halides is 3. The largest absolute Gasteiger partial charge is 0.491 e. The van der Waals surface area contributed by atoms with Crippen molar-refractivity contribution in [2.45, 2.75) is 82.8 Å². The molecule has 0 unspecified atom stereocenters. The molecule has 35 heavy (non-hydrogen) atoms. The molecule has 1 aromatic carbocycles. The fourth-order valence-corrected chi connectivity index (χ4v) is 3.99. The highest BCUT2D eigenvalue weighted by molar-refractivity contribution is 5.69. The lowest BCUT2D eigenvalue weighted by Gasteiger charge is -2.49. The molecule has 3 aliphatic heterocycles. The van der Waals surface area contributed by atoms with Crippen LogP contribution < -0.4 is 4.74 Å². The van der Waals surface area contributed by atoms with Gasteiger partial charge in [0, 0.05) is 18.8 Å². The van der Waals surface area contributed by atoms with E-state index in [0.29, 0.717) is 12.8 Å². The van der Waals surface area contributed by atoms with Crippen LogP contribution in [0.25, 0.3) is 0 Å². The van der Waals surface area contributed by atoms with E-state index in [1.165, 1.54) is 12.1 Å². The number of ether oxygens (including phenoxy) is 4. The number of esters is 1. The maximum Gasteiger partial charge on any atom is 0.416 e. The smallest absolute Gasteiger partial charge is 0.416 e. The van der Waals surface area contributed by atoms with Crippen LogP contribution in [0.2, 0.25) is 0 Å². The molecule has 3 saturated heterocycles. The lowest BCUT2D eigenvalue weighted by molar-refractivity contribution is -0.337. The standard InChI is InChI=1S/C26H33F3O6/c1-17(2)33-24(31)11-6-4-3-5-10-21-22(34-25-15-23(21)35-25)13-12-19(30)16-32-20-9-7-8-18(14-20)26(27,28)29/h3,5,7-9,12-14,17,19,21-23,25,30H,4,6,10-11,15-16H2,1-2H3/b5-3-,13-12+/t19-,21-,22-,23+,25-/m1/s1. The van der Waals surface area contributed by atoms with Crippen LogP contribution in [0, 0.1) is 5.92 Å². The van der Waals surface area contributed by atoms with Gasteiger partial charge in [-0.3, -0.25) is 4.79 Å². The third kappa shape index (κ3) is 8.66. The van der Waals surface area contributed by atoms with Crippen molar-refractivity contribution in [3.8, 4) is 5.75 Å². The summed E-state index contributed by atoms with van der Waals surface area (Å²) in [6, 6.07) is 4.54. The Balaban J connectivity index is 1.44. The van der Waals surface area contributed by atoms with E-state index < -0.39 is 17.8 Å². The van der Waals surface area contributed by atoms with Crippen molar-refractivity contribution >= 4 is 5.97 Å². The van der Waals surface area contributed by atoms with Crippen molar-refractivity contribution in [2.24, 2.45) is 5.92 Å². The summed E-state index contributed by atoms with van der Waals surface area (Å²) in [7, 11) is 0. The van der Waals surface area contributed by atoms with Gasteiger partial charge in [-0.25, -0.2) is 0 Å². The van der Waals surface area contributed by atoms with Crippen molar-refractivity contribution < 1.29 is 42.0 Å². The topological polar surface area (TPSA) is 74.2 Å². The monoisotopic (exact) mass is 498 g/mol. The van der Waals surface area contributed by atoms with Gasteiger partial charge in [-0.2, -0.15) is 13.2 Å². The highest BCUT2D eigenvalue weighted by atomic mass is 19.4. The molecule has 1 aromatic rings. The van der Waals surface area contributed by atoms with Gasteiger partial charge in [0.25, 0.3) is 0 Å². The van der Waals surface area contributed by atoms with Crippen molar-refractivity contribution in [3.05, 3.63) is 54.1 Å². The van der Waals surface area contributed by atoms with Crippen LogP contribution in [0.4, 0.5) is 13.2 Å². The highest BCUT2D eigenvalue weighted by Gasteiger charge is 2.46. The van der Waals surface area contributed by atoms with Crippen LogP contribution in [0.1, 0.15) is 51.5 Å². The number of benzene rings is 1. The van der Waals surface area contributed by atoms with Gasteiger partial charge in [0.15, 0.2) is 6.29 Å². The first-order valence-electron chi connectivity index (χ1n) is 11.9. The lowest BCUT2D eigenvalue weighted by Crippen LogP contribution is -2.55. The summed E-state index contributed by atoms with van der Waals surface area (Å²) in [4.78, 5) is 11.6. The van der Waals surface area contributed by atoms with E-state index in [2.05, 4.69) is 6.08 Å². The first kappa shape index (κ1) is 27.2. The van der Waals surface area contributed by atoms with Gasteiger partial charge in [-0.05, 0) is 51.3 Å². The number of carbonyl (C=O) groups excluding carboxylic acids is 1. The number of halogens is 3. The van der Waals surface area contributed by atoms with E-state index in [4.69, 9.17) is 18.9 Å². The number of carbonyl (C=O) groups is 1. The molecule has 0 radical (unpaired) electrons. The fourth-order valence-electron chi connectivity index (χ4n) is 3.99. The van der Waals surface area contributed by atoms with Crippen LogP contribution in [0.3, 0.4) is 0 Å². The number of aliphatic hydroxyl groups excluding tert-OH is 1. The normalized spacial score (nSPS) is 25.1. The summed E-state index contributed by atoms with van der Waals surface area (Å²) in [5, 5.41) is 10.2. The number of hydrogen-bond acceptors (Lipinski definition) is 6. The SMILES string of the molecule is CC(C)OC(=O)CCC/C=C\C[C@H]1[C@@H]2C[C@@H](O2)O[C@@H]1/C=C/[C@@H](O)COc1cccc(C(F)(F)F)c1. The highest BCUT2D eigenvalue weighted by Crippen LogP contribution is 2.40. The third-order valence-corrected chi connectivity index (χ3v) is 5.76. The Morgan fingerprint density at radius 2 is 2.03 bits per heavy atom. The van der Waals surface area contributed by atoms with Gasteiger partial charge < -0.3 is 24.1 Å². The zero-order valence-corrected chi connectivity index (χ0v) is 19.9. The molecule has 5 atom stereocenters. The minimum absolute atomic E-state index is 0.0383. The molecular formula is C26H33F3O6. The summed E-state index contributed by atoms with van der Waals surface area (Å²) in [6.07, 6.45) is 4.82. The molecule has 6 nitrogen and oxygen atoms in total. The van der Waals surface area contributed by atoms with Gasteiger partial charge >= 0.3 is 12.1 Å². The molecule has 0 saturated carbocycles. The Labute approximate surface area is 203 Å². The quantitative estimate of drug-likeness (QED) is 0.243. The Morgan fingerprint density at radius 1 is 1.26 bits per heavy atom. The molecule has 194 valence electrons. The average Bonchev–Trinajstić information content (AvgIpc) is 2.77. The lowest BCUT2D eigenvalue weighted by atomic mass is 9.84. The molecule has 1 N–H and O–H groups in total. The summed E-state index contributed by atoms with van der Waals surface area (Å²) in [6.45, 7) is 3.46. The number of allylic oxidation sites excluding steroid dienone is 2. The second kappa shape index (κ2) is 12.6. The number of fused-ring (bicyclic) bond motifs is 2. The van der Waals surface area contributed by atoms with E-state index in [-0.39, 0.29) is 48.8 Å². The van der Waals surface area contributed by atoms with Crippen molar-refractivity contribution in [1.29, 1.82) is 0 Å². The maximum absolute atomic E-state index is 12.8. The second-order valence-corrected chi connectivity index (χ2v) is 9.03. The van der Waals surface area contributed by atoms with E-state index in [9.17, 15) is 23.1 Å². The molecule has 3 heterocycles. The number of aliphatic hydroxyl groups is 1. The van der Waals surface area contributed by atoms with Gasteiger partial charge in [0.2, 0.25) is 0 Å². The molecule has 0 aromatic heterocycles. The third-order valence-electron chi connectivity index (χ3n) is 5.76. The summed E-state index contributed by atoms with van der Waals surface area (Å²) in [5.41, 5.74) is -0.804. The van der Waals surface area contributed by atoms with E-state index in [1.807, 2.05) is 19.9 Å². The number of hydrogen-bond donors (Lipinski definition) is 1. The molecule has 0 aliphatic carbocycles. The Kier molecular flexibility index (Phi) is 9.77. The maximum atomic E-state index is 12.8. The summed E-state index contributed by atoms with van der Waals surface area (Å²) in [5.74, 6) is -0.0740. The minimum Gasteiger partial charge on any atom is -0.491 e. The molecule has 3 fully saturated rings. The predicted molar refractivity (Wildman–Crippen MR) is 123 cm³/mol. The van der Waals surface area contributed by atoms with Crippen LogP contribution >= 0.6 is 0 Å². The minimum atomic E-state index is -4.46. The molecule has 2 bridgehead atoms. The fraction of sp³-hybridized carbons (Fsp3) is 0.577. The van der Waals surface area contributed by atoms with Crippen LogP contribution in [0.5, 0.6) is 5.75 Å². The number of unbranched alkanes of at least 4 members (excludes halogenated alkanes) is 1. The first-order valence-corrected chi connectivity index (χ1v) is 11.9. The summed E-state index contributed by atoms with van der Waals surface area (Å²) >= 11 is 0. The molecule has 4 rings (SSSR count). The predicted octanol–water partition coefficient (Wildman–Crippen LogP) is 5.20. The zero-order chi connectivity index (χ0) is 25.4. The Morgan fingerprint density at radius 3 is 2.74 bits per heavy atom. The zero-order valence-electron chi connectivity index (χ0n) is 19.9. The van der Waals surface area contributed by atoms with Gasteiger partial charge in [-0.1, -0.05) is 30.4 Å². The molecule has 0 spiro atoms. The molecule has 0 amide bonds. The molecular weight excluding hydrogens is 465 g/mol. The average molecular weight is 499 g/mol. The first-order chi connectivity index (χ1) is 16.6. The van der Waals surface area contributed by atoms with E-state index in [0.717, 1.165) is 31.4 Å². The Hall–Kier alpha value is -2.36. The van der Waals surface area contributed by atoms with Crippen molar-refractivity contribution in [3.63, 3.8) is 0 Å². The second-order valence-electron chi connectivity index (χ2n) is 9.03. The van der Waals surface area contributed by atoms with Crippen LogP contribution in [-0.4, -0.2) is 48.4 Å². The summed E-state index contributed by atoms with van der Waals surface area (Å²) < 4.78 is 60.5. The van der Waals surface area contributed by atoms with Crippen molar-refractivity contribution in [2.75, 3.05) is 6.61 Å². The number of rotatable bonds is 12. The van der Waals surface area contributed by atoms with Gasteiger partial charge in [-0.15, -0.1) is 0 Å². The Bertz CT molecular complexity index is 876. The molecule has 3 aliphatic rings. The molecule has 9 heteroatoms. The van der Waals surface area contributed by atoms with Crippen LogP contribution in [-0.2, 0) is 25.2 Å². The van der Waals surface area contributed by atoms with Crippen molar-refractivity contribution in [1.82, 2.24) is 0 Å².